The number of hydrogen-bond donors (Lipinski definition) is 1. The van der Waals surface area contributed by atoms with Crippen molar-refractivity contribution in [3.05, 3.63) is 47.0 Å². The zero-order chi connectivity index (χ0) is 28.8. The Bertz CT molecular complexity index is 1350. The Morgan fingerprint density at radius 2 is 1.90 bits per heavy atom. The molecule has 0 radical (unpaired) electrons. The predicted molar refractivity (Wildman–Crippen MR) is 146 cm³/mol. The molecule has 3 aliphatic rings. The van der Waals surface area contributed by atoms with Gasteiger partial charge < -0.3 is 29.0 Å². The number of fused-ring (bicyclic) bond motifs is 2. The first kappa shape index (κ1) is 27.6. The lowest BCUT2D eigenvalue weighted by atomic mass is 10.0. The lowest BCUT2D eigenvalue weighted by Gasteiger charge is -2.33. The van der Waals surface area contributed by atoms with Gasteiger partial charge >= 0.3 is 12.1 Å². The number of likely N-dealkylation sites (tertiary alicyclic amines) is 1. The first-order valence-electron chi connectivity index (χ1n) is 13.6. The fourth-order valence-corrected chi connectivity index (χ4v) is 5.14. The molecule has 0 spiro atoms. The Labute approximate surface area is 233 Å². The quantitative estimate of drug-likeness (QED) is 0.516. The van der Waals surface area contributed by atoms with Gasteiger partial charge in [-0.15, -0.1) is 0 Å². The van der Waals surface area contributed by atoms with Gasteiger partial charge in [0.15, 0.2) is 0 Å². The number of amides is 2. The van der Waals surface area contributed by atoms with Crippen molar-refractivity contribution in [1.82, 2.24) is 4.90 Å². The van der Waals surface area contributed by atoms with Crippen LogP contribution in [0.1, 0.15) is 68.9 Å². The van der Waals surface area contributed by atoms with Gasteiger partial charge in [-0.3, -0.25) is 9.69 Å². The van der Waals surface area contributed by atoms with Crippen LogP contribution in [-0.2, 0) is 20.7 Å². The Morgan fingerprint density at radius 1 is 1.12 bits per heavy atom. The van der Waals surface area contributed by atoms with E-state index in [0.29, 0.717) is 36.5 Å². The number of cyclic esters (lactones) is 1. The maximum absolute atomic E-state index is 13.2. The summed E-state index contributed by atoms with van der Waals surface area (Å²) in [5.41, 5.74) is 2.21. The Balaban J connectivity index is 1.34. The van der Waals surface area contributed by atoms with E-state index >= 15 is 0 Å². The highest BCUT2D eigenvalue weighted by atomic mass is 16.7. The van der Waals surface area contributed by atoms with Crippen molar-refractivity contribution in [1.29, 1.82) is 0 Å². The first-order chi connectivity index (χ1) is 18.8. The number of carbonyl (C=O) groups is 3. The molecule has 3 heterocycles. The van der Waals surface area contributed by atoms with Gasteiger partial charge in [-0.2, -0.15) is 0 Å². The number of hydrogen-bond acceptors (Lipinski definition) is 8. The Hall–Kier alpha value is -3.95. The molecule has 0 bridgehead atoms. The number of esters is 1. The van der Waals surface area contributed by atoms with E-state index in [1.807, 2.05) is 45.9 Å². The summed E-state index contributed by atoms with van der Waals surface area (Å²) in [5, 5.41) is 2.89. The number of ether oxygens (including phenoxy) is 5. The Morgan fingerprint density at radius 3 is 2.65 bits per heavy atom. The normalized spacial score (nSPS) is 21.4. The summed E-state index contributed by atoms with van der Waals surface area (Å²) in [6.45, 7) is 11.1. The smallest absolute Gasteiger partial charge is 0.410 e. The van der Waals surface area contributed by atoms with E-state index in [4.69, 9.17) is 23.7 Å². The second kappa shape index (κ2) is 10.2. The van der Waals surface area contributed by atoms with Gasteiger partial charge in [0.2, 0.25) is 11.7 Å². The summed E-state index contributed by atoms with van der Waals surface area (Å²) in [5.74, 6) is -0.306. The van der Waals surface area contributed by atoms with Crippen molar-refractivity contribution < 1.29 is 38.1 Å². The van der Waals surface area contributed by atoms with Gasteiger partial charge in [0, 0.05) is 38.4 Å². The predicted octanol–water partition coefficient (Wildman–Crippen LogP) is 5.00. The number of rotatable bonds is 5. The molecule has 10 heteroatoms. The van der Waals surface area contributed by atoms with Crippen molar-refractivity contribution in [2.45, 2.75) is 84.3 Å². The fraction of sp³-hybridized carbons (Fsp3) is 0.500. The van der Waals surface area contributed by atoms with Crippen LogP contribution in [0.15, 0.2) is 30.3 Å². The van der Waals surface area contributed by atoms with Crippen LogP contribution in [0, 0.1) is 6.92 Å². The van der Waals surface area contributed by atoms with Crippen LogP contribution >= 0.6 is 0 Å². The van der Waals surface area contributed by atoms with Gasteiger partial charge in [-0.1, -0.05) is 6.07 Å². The van der Waals surface area contributed by atoms with Crippen LogP contribution < -0.4 is 19.5 Å². The molecule has 0 aromatic heterocycles. The van der Waals surface area contributed by atoms with Gasteiger partial charge in [-0.25, -0.2) is 9.59 Å². The van der Waals surface area contributed by atoms with E-state index in [1.165, 1.54) is 0 Å². The molecule has 0 saturated carbocycles. The van der Waals surface area contributed by atoms with Crippen molar-refractivity contribution in [3.8, 4) is 17.2 Å². The molecule has 1 N–H and O–H groups in total. The lowest BCUT2D eigenvalue weighted by Crippen LogP contribution is -2.43. The van der Waals surface area contributed by atoms with Gasteiger partial charge in [0.25, 0.3) is 0 Å². The third kappa shape index (κ3) is 6.11. The third-order valence-corrected chi connectivity index (χ3v) is 6.82. The summed E-state index contributed by atoms with van der Waals surface area (Å²) in [6.07, 6.45) is 0.827. The average molecular weight is 553 g/mol. The van der Waals surface area contributed by atoms with Crippen LogP contribution in [0.2, 0.25) is 0 Å². The molecule has 40 heavy (non-hydrogen) atoms. The number of aryl methyl sites for hydroxylation is 2. The minimum Gasteiger partial charge on any atom is -0.490 e. The number of nitrogens with one attached hydrogen (secondary N) is 1. The van der Waals surface area contributed by atoms with Crippen molar-refractivity contribution in [2.75, 3.05) is 18.5 Å². The van der Waals surface area contributed by atoms with Crippen molar-refractivity contribution in [3.63, 3.8) is 0 Å². The molecule has 0 unspecified atom stereocenters. The second-order valence-corrected chi connectivity index (χ2v) is 12.0. The third-order valence-electron chi connectivity index (χ3n) is 6.82. The molecule has 2 atom stereocenters. The minimum atomic E-state index is -1.09. The molecule has 3 aliphatic heterocycles. The molecule has 1 saturated heterocycles. The highest BCUT2D eigenvalue weighted by molar-refractivity contribution is 5.97. The van der Waals surface area contributed by atoms with Gasteiger partial charge in [-0.05, 0) is 63.4 Å². The van der Waals surface area contributed by atoms with Crippen LogP contribution in [0.5, 0.6) is 17.2 Å². The van der Waals surface area contributed by atoms with Gasteiger partial charge in [0.1, 0.15) is 41.1 Å². The van der Waals surface area contributed by atoms with Crippen molar-refractivity contribution >= 4 is 23.7 Å². The highest BCUT2D eigenvalue weighted by Crippen LogP contribution is 2.39. The van der Waals surface area contributed by atoms with E-state index in [-0.39, 0.29) is 36.8 Å². The monoisotopic (exact) mass is 552 g/mol. The van der Waals surface area contributed by atoms with E-state index in [1.54, 1.807) is 30.9 Å². The van der Waals surface area contributed by atoms with E-state index in [0.717, 1.165) is 16.8 Å². The number of benzene rings is 2. The van der Waals surface area contributed by atoms with E-state index in [9.17, 15) is 14.4 Å². The molecule has 1 fully saturated rings. The molecular weight excluding hydrogens is 516 g/mol. The molecule has 10 nitrogen and oxygen atoms in total. The summed E-state index contributed by atoms with van der Waals surface area (Å²) in [7, 11) is 0. The summed E-state index contributed by atoms with van der Waals surface area (Å²) in [6, 6.07) is 8.80. The molecule has 0 aliphatic carbocycles. The average Bonchev–Trinajstić information content (AvgIpc) is 3.22. The molecule has 2 aromatic carbocycles. The standard InChI is InChI=1S/C30H36N2O8/c1-17-11-23(26-24(12-17)38-30(5,6)39-27(26)34)36-16-19-13-21(15-32(19)28(35)40-29(2,3)4)37-20-9-7-18-8-10-25(33)31-22(18)14-20/h7,9,11-12,14,19,21H,8,10,13,15-16H2,1-6H3,(H,31,33)/t19-,21+/m1/s1. The molecule has 214 valence electrons. The topological polar surface area (TPSA) is 113 Å². The molecule has 2 amide bonds. The summed E-state index contributed by atoms with van der Waals surface area (Å²) in [4.78, 5) is 39.4. The van der Waals surface area contributed by atoms with Crippen molar-refractivity contribution in [2.24, 2.45) is 0 Å². The maximum Gasteiger partial charge on any atom is 0.410 e. The number of nitrogens with zero attached hydrogens (tertiary/aromatic N) is 1. The second-order valence-electron chi connectivity index (χ2n) is 12.0. The minimum absolute atomic E-state index is 0.0185. The number of anilines is 1. The van der Waals surface area contributed by atoms with Crippen LogP contribution in [0.3, 0.4) is 0 Å². The first-order valence-corrected chi connectivity index (χ1v) is 13.6. The highest BCUT2D eigenvalue weighted by Gasteiger charge is 2.41. The largest absolute Gasteiger partial charge is 0.490 e. The van der Waals surface area contributed by atoms with E-state index < -0.39 is 23.5 Å². The number of carbonyl (C=O) groups excluding carboxylic acids is 3. The van der Waals surface area contributed by atoms with Crippen LogP contribution in [-0.4, -0.2) is 59.6 Å². The van der Waals surface area contributed by atoms with Crippen LogP contribution in [0.25, 0.3) is 0 Å². The summed E-state index contributed by atoms with van der Waals surface area (Å²) >= 11 is 0. The summed E-state index contributed by atoms with van der Waals surface area (Å²) < 4.78 is 29.4. The fourth-order valence-electron chi connectivity index (χ4n) is 5.14. The molecule has 2 aromatic rings. The maximum atomic E-state index is 13.2. The molecular formula is C30H36N2O8. The Kier molecular flexibility index (Phi) is 7.06. The van der Waals surface area contributed by atoms with Gasteiger partial charge in [0.05, 0.1) is 12.6 Å². The zero-order valence-electron chi connectivity index (χ0n) is 23.8. The lowest BCUT2D eigenvalue weighted by molar-refractivity contribution is -0.127. The van der Waals surface area contributed by atoms with Crippen LogP contribution in [0.4, 0.5) is 10.5 Å². The van der Waals surface area contributed by atoms with E-state index in [2.05, 4.69) is 5.32 Å². The SMILES string of the molecule is Cc1cc(OC[C@H]2C[C@H](Oc3ccc4c(c3)NC(=O)CC4)CN2C(=O)OC(C)(C)C)c2c(c1)OC(C)(C)OC2=O. The molecule has 5 rings (SSSR count). The zero-order valence-corrected chi connectivity index (χ0v) is 23.8.